The van der Waals surface area contributed by atoms with Gasteiger partial charge in [-0.1, -0.05) is 30.0 Å². The van der Waals surface area contributed by atoms with Gasteiger partial charge in [-0.15, -0.1) is 10.2 Å². The molecule has 1 aromatic heterocycles. The van der Waals surface area contributed by atoms with Crippen LogP contribution in [0.2, 0.25) is 0 Å². The van der Waals surface area contributed by atoms with Gasteiger partial charge in [0, 0.05) is 5.69 Å². The van der Waals surface area contributed by atoms with Gasteiger partial charge >= 0.3 is 0 Å². The van der Waals surface area contributed by atoms with Crippen LogP contribution in [-0.2, 0) is 4.79 Å². The molecule has 29 heavy (non-hydrogen) atoms. The summed E-state index contributed by atoms with van der Waals surface area (Å²) in [4.78, 5) is 12.2. The van der Waals surface area contributed by atoms with Crippen molar-refractivity contribution in [3.05, 3.63) is 65.0 Å². The van der Waals surface area contributed by atoms with Gasteiger partial charge in [0.1, 0.15) is 5.82 Å². The maximum atomic E-state index is 12.9. The van der Waals surface area contributed by atoms with Gasteiger partial charge in [0.2, 0.25) is 11.1 Å². The van der Waals surface area contributed by atoms with Gasteiger partial charge in [0.25, 0.3) is 5.95 Å². The highest BCUT2D eigenvalue weighted by atomic mass is 32.2. The molecule has 0 aliphatic heterocycles. The van der Waals surface area contributed by atoms with Crippen molar-refractivity contribution in [1.29, 1.82) is 0 Å². The van der Waals surface area contributed by atoms with E-state index in [9.17, 15) is 9.18 Å². The Labute approximate surface area is 171 Å². The minimum atomic E-state index is -0.319. The number of nitrogen functional groups attached to an aromatic ring is 1. The maximum Gasteiger partial charge on any atom is 0.264 e. The lowest BCUT2D eigenvalue weighted by atomic mass is 10.1. The van der Waals surface area contributed by atoms with Crippen LogP contribution >= 0.6 is 11.8 Å². The van der Waals surface area contributed by atoms with Crippen LogP contribution in [0.15, 0.2) is 52.7 Å². The number of rotatable bonds is 7. The van der Waals surface area contributed by atoms with Crippen LogP contribution in [0.3, 0.4) is 0 Å². The molecule has 4 N–H and O–H groups in total. The number of hydrazone groups is 1. The number of nitrogens with zero attached hydrogens (tertiary/aromatic N) is 4. The number of amides is 1. The quantitative estimate of drug-likeness (QED) is 0.238. The molecule has 10 heteroatoms. The molecule has 8 nitrogen and oxygen atoms in total. The molecule has 1 amide bonds. The first-order valence-electron chi connectivity index (χ1n) is 8.67. The highest BCUT2D eigenvalue weighted by molar-refractivity contribution is 7.99. The van der Waals surface area contributed by atoms with Gasteiger partial charge in [0.15, 0.2) is 0 Å². The van der Waals surface area contributed by atoms with E-state index in [2.05, 4.69) is 26.0 Å². The lowest BCUT2D eigenvalue weighted by Gasteiger charge is -2.07. The predicted molar refractivity (Wildman–Crippen MR) is 113 cm³/mol. The number of benzene rings is 2. The highest BCUT2D eigenvalue weighted by Gasteiger charge is 2.12. The van der Waals surface area contributed by atoms with E-state index >= 15 is 0 Å². The van der Waals surface area contributed by atoms with Crippen molar-refractivity contribution in [2.45, 2.75) is 19.0 Å². The molecule has 0 atom stereocenters. The molecule has 0 saturated heterocycles. The Hall–Kier alpha value is -3.40. The third-order valence-corrected chi connectivity index (χ3v) is 4.98. The number of nitrogens with two attached hydrogens (primary N) is 1. The fraction of sp³-hybridized carbons (Fsp3) is 0.158. The summed E-state index contributed by atoms with van der Waals surface area (Å²) in [5, 5.41) is 15.0. The van der Waals surface area contributed by atoms with E-state index in [1.54, 1.807) is 12.1 Å². The SMILES string of the molecule is Cc1ccc(NC(=O)CSc2nnc(N/N=C/c3ccc(F)cc3)n2N)cc1C. The van der Waals surface area contributed by atoms with E-state index in [0.29, 0.717) is 10.7 Å². The Morgan fingerprint density at radius 2 is 1.97 bits per heavy atom. The lowest BCUT2D eigenvalue weighted by Crippen LogP contribution is -2.17. The number of thioether (sulfide) groups is 1. The van der Waals surface area contributed by atoms with Gasteiger partial charge in [0.05, 0.1) is 12.0 Å². The van der Waals surface area contributed by atoms with Crippen molar-refractivity contribution in [1.82, 2.24) is 14.9 Å². The first-order valence-corrected chi connectivity index (χ1v) is 9.66. The fourth-order valence-corrected chi connectivity index (χ4v) is 2.97. The summed E-state index contributed by atoms with van der Waals surface area (Å²) in [5.74, 6) is 5.77. The van der Waals surface area contributed by atoms with Crippen LogP contribution in [0.25, 0.3) is 0 Å². The molecular formula is C19H20FN7OS. The Morgan fingerprint density at radius 1 is 1.21 bits per heavy atom. The first-order chi connectivity index (χ1) is 13.9. The molecule has 0 unspecified atom stereocenters. The standard InChI is InChI=1S/C19H20FN7OS/c1-12-3-8-16(9-13(12)2)23-17(28)11-29-19-26-25-18(27(19)21)24-22-10-14-4-6-15(20)7-5-14/h3-10H,11,21H2,1-2H3,(H,23,28)(H,24,25)/b22-10+. The third-order valence-electron chi connectivity index (χ3n) is 4.04. The topological polar surface area (TPSA) is 110 Å². The largest absolute Gasteiger partial charge is 0.334 e. The zero-order valence-corrected chi connectivity index (χ0v) is 16.7. The van der Waals surface area contributed by atoms with E-state index in [1.165, 1.54) is 23.0 Å². The number of aryl methyl sites for hydroxylation is 2. The fourth-order valence-electron chi connectivity index (χ4n) is 2.31. The van der Waals surface area contributed by atoms with Crippen LogP contribution < -0.4 is 16.6 Å². The van der Waals surface area contributed by atoms with Crippen molar-refractivity contribution in [3.8, 4) is 0 Å². The van der Waals surface area contributed by atoms with Gasteiger partial charge in [-0.2, -0.15) is 5.10 Å². The van der Waals surface area contributed by atoms with Crippen LogP contribution in [0.5, 0.6) is 0 Å². The predicted octanol–water partition coefficient (Wildman–Crippen LogP) is 2.92. The number of carbonyl (C=O) groups is 1. The van der Waals surface area contributed by atoms with Crippen molar-refractivity contribution >= 4 is 35.5 Å². The second-order valence-electron chi connectivity index (χ2n) is 6.23. The molecule has 0 fully saturated rings. The monoisotopic (exact) mass is 413 g/mol. The molecule has 0 spiro atoms. The summed E-state index contributed by atoms with van der Waals surface area (Å²) in [6.07, 6.45) is 1.50. The summed E-state index contributed by atoms with van der Waals surface area (Å²) < 4.78 is 14.1. The Morgan fingerprint density at radius 3 is 2.69 bits per heavy atom. The Balaban J connectivity index is 1.52. The van der Waals surface area contributed by atoms with Crippen molar-refractivity contribution in [2.75, 3.05) is 22.3 Å². The molecule has 0 aliphatic rings. The maximum absolute atomic E-state index is 12.9. The normalized spacial score (nSPS) is 11.0. The van der Waals surface area contributed by atoms with Crippen molar-refractivity contribution in [2.24, 2.45) is 5.10 Å². The van der Waals surface area contributed by atoms with Crippen LogP contribution in [-0.4, -0.2) is 32.7 Å². The third kappa shape index (κ3) is 5.55. The molecule has 1 heterocycles. The van der Waals surface area contributed by atoms with E-state index in [4.69, 9.17) is 5.84 Å². The number of nitrogens with one attached hydrogen (secondary N) is 2. The molecular weight excluding hydrogens is 393 g/mol. The molecule has 3 aromatic rings. The van der Waals surface area contributed by atoms with Gasteiger partial charge in [-0.25, -0.2) is 14.5 Å². The van der Waals surface area contributed by atoms with Crippen molar-refractivity contribution in [3.63, 3.8) is 0 Å². The van der Waals surface area contributed by atoms with E-state index in [-0.39, 0.29) is 23.4 Å². The van der Waals surface area contributed by atoms with Crippen LogP contribution in [0.1, 0.15) is 16.7 Å². The lowest BCUT2D eigenvalue weighted by molar-refractivity contribution is -0.113. The number of carbonyl (C=O) groups excluding carboxylic acids is 1. The van der Waals surface area contributed by atoms with Gasteiger partial charge in [-0.05, 0) is 54.8 Å². The van der Waals surface area contributed by atoms with Gasteiger partial charge < -0.3 is 11.2 Å². The summed E-state index contributed by atoms with van der Waals surface area (Å²) in [6.45, 7) is 4.00. The van der Waals surface area contributed by atoms with Gasteiger partial charge in [-0.3, -0.25) is 4.79 Å². The second-order valence-corrected chi connectivity index (χ2v) is 7.18. The average Bonchev–Trinajstić information content (AvgIpc) is 3.04. The summed E-state index contributed by atoms with van der Waals surface area (Å²) in [5.41, 5.74) is 6.38. The summed E-state index contributed by atoms with van der Waals surface area (Å²) in [7, 11) is 0. The number of halogens is 1. The average molecular weight is 413 g/mol. The van der Waals surface area contributed by atoms with Crippen LogP contribution in [0.4, 0.5) is 16.0 Å². The minimum Gasteiger partial charge on any atom is -0.334 e. The first kappa shape index (κ1) is 20.3. The smallest absolute Gasteiger partial charge is 0.264 e. The zero-order valence-electron chi connectivity index (χ0n) is 15.9. The molecule has 150 valence electrons. The summed E-state index contributed by atoms with van der Waals surface area (Å²) in [6, 6.07) is 11.6. The Kier molecular flexibility index (Phi) is 6.45. The van der Waals surface area contributed by atoms with E-state index in [1.807, 2.05) is 32.0 Å². The molecule has 0 saturated carbocycles. The Bertz CT molecular complexity index is 1030. The molecule has 3 rings (SSSR count). The van der Waals surface area contributed by atoms with E-state index < -0.39 is 0 Å². The minimum absolute atomic E-state index is 0.126. The zero-order chi connectivity index (χ0) is 20.8. The number of anilines is 2. The molecule has 0 radical (unpaired) electrons. The highest BCUT2D eigenvalue weighted by Crippen LogP contribution is 2.18. The molecule has 0 bridgehead atoms. The van der Waals surface area contributed by atoms with Crippen molar-refractivity contribution < 1.29 is 9.18 Å². The summed E-state index contributed by atoms with van der Waals surface area (Å²) >= 11 is 1.15. The second kappa shape index (κ2) is 9.20. The van der Waals surface area contributed by atoms with E-state index in [0.717, 1.165) is 28.6 Å². The molecule has 2 aromatic carbocycles. The van der Waals surface area contributed by atoms with Crippen LogP contribution in [0, 0.1) is 19.7 Å². The number of hydrogen-bond donors (Lipinski definition) is 3. The number of hydrogen-bond acceptors (Lipinski definition) is 7. The molecule has 0 aliphatic carbocycles. The number of aromatic nitrogens is 3.